The van der Waals surface area contributed by atoms with E-state index in [0.29, 0.717) is 34.9 Å². The summed E-state index contributed by atoms with van der Waals surface area (Å²) in [5, 5.41) is 10.2. The molecule has 0 amide bonds. The Balaban J connectivity index is 1.75. The maximum Gasteiger partial charge on any atom is 0.337 e. The molecule has 0 bridgehead atoms. The Morgan fingerprint density at radius 3 is 2.45 bits per heavy atom. The number of hydrogen-bond acceptors (Lipinski definition) is 6. The number of aliphatic carboxylic acids is 1. The van der Waals surface area contributed by atoms with Gasteiger partial charge in [-0.3, -0.25) is 4.98 Å². The van der Waals surface area contributed by atoms with E-state index in [-0.39, 0.29) is 11.3 Å². The Morgan fingerprint density at radius 2 is 1.89 bits per heavy atom. The van der Waals surface area contributed by atoms with Gasteiger partial charge in [0.1, 0.15) is 0 Å². The Labute approximate surface area is 225 Å². The van der Waals surface area contributed by atoms with Crippen LogP contribution in [0.1, 0.15) is 90.5 Å². The first kappa shape index (κ1) is 28.3. The molecule has 8 heteroatoms. The first-order valence-electron chi connectivity index (χ1n) is 13.8. The Kier molecular flexibility index (Phi) is 8.31. The molecule has 2 fully saturated rings. The van der Waals surface area contributed by atoms with Crippen LogP contribution in [0.15, 0.2) is 18.5 Å². The number of aromatic nitrogens is 2. The number of aryl methyl sites for hydroxylation is 1. The molecule has 0 spiro atoms. The summed E-state index contributed by atoms with van der Waals surface area (Å²) < 4.78 is 26.9. The summed E-state index contributed by atoms with van der Waals surface area (Å²) in [6.45, 7) is 13.7. The van der Waals surface area contributed by atoms with Gasteiger partial charge < -0.3 is 19.5 Å². The van der Waals surface area contributed by atoms with Gasteiger partial charge in [0.25, 0.3) is 0 Å². The summed E-state index contributed by atoms with van der Waals surface area (Å²) in [7, 11) is 0. The minimum absolute atomic E-state index is 0.00545. The molecule has 7 nitrogen and oxygen atoms in total. The summed E-state index contributed by atoms with van der Waals surface area (Å²) >= 11 is 0. The number of ether oxygens (including phenoxy) is 2. The minimum atomic E-state index is -1.22. The van der Waals surface area contributed by atoms with Gasteiger partial charge in [0.2, 0.25) is 5.88 Å². The van der Waals surface area contributed by atoms with Gasteiger partial charge in [-0.25, -0.2) is 14.2 Å². The van der Waals surface area contributed by atoms with E-state index >= 15 is 4.39 Å². The Hall–Kier alpha value is -2.74. The monoisotopic (exact) mass is 527 g/mol. The SMILES string of the molecule is Cc1ncc(-c2cnc(OCCC3CCC3)c(F)c2)c(N2CCC(C)(C)CC2)c1[C@H](OC(C)(C)C)C(=O)O. The van der Waals surface area contributed by atoms with Crippen LogP contribution in [0, 0.1) is 24.1 Å². The molecule has 1 N–H and O–H groups in total. The molecule has 1 atom stereocenters. The zero-order valence-corrected chi connectivity index (χ0v) is 23.6. The average molecular weight is 528 g/mol. The van der Waals surface area contributed by atoms with Gasteiger partial charge in [-0.2, -0.15) is 0 Å². The number of hydrogen-bond donors (Lipinski definition) is 1. The summed E-state index contributed by atoms with van der Waals surface area (Å²) in [6.07, 6.45) is 8.57. The predicted octanol–water partition coefficient (Wildman–Crippen LogP) is 6.73. The molecule has 208 valence electrons. The van der Waals surface area contributed by atoms with Gasteiger partial charge >= 0.3 is 5.97 Å². The highest BCUT2D eigenvalue weighted by atomic mass is 19.1. The largest absolute Gasteiger partial charge is 0.479 e. The van der Waals surface area contributed by atoms with Gasteiger partial charge in [0.15, 0.2) is 11.9 Å². The number of anilines is 1. The van der Waals surface area contributed by atoms with E-state index in [1.54, 1.807) is 19.3 Å². The topological polar surface area (TPSA) is 84.8 Å². The van der Waals surface area contributed by atoms with E-state index < -0.39 is 23.5 Å². The second kappa shape index (κ2) is 11.2. The fourth-order valence-electron chi connectivity index (χ4n) is 5.18. The molecular formula is C30H42FN3O4. The van der Waals surface area contributed by atoms with Gasteiger partial charge in [-0.05, 0) is 64.4 Å². The number of piperidine rings is 1. The van der Waals surface area contributed by atoms with Crippen molar-refractivity contribution >= 4 is 11.7 Å². The molecule has 0 aromatic carbocycles. The number of halogens is 1. The standard InChI is InChI=1S/C30H42FN3O4/c1-19-24(26(28(35)36)38-29(2,3)4)25(34-13-11-30(5,6)12-14-34)22(18-32-19)21-16-23(31)27(33-17-21)37-15-10-20-8-7-9-20/h16-18,20,26H,7-15H2,1-6H3,(H,35,36)/t26-/m0/s1. The van der Waals surface area contributed by atoms with Crippen LogP contribution in [0.5, 0.6) is 5.88 Å². The minimum Gasteiger partial charge on any atom is -0.479 e. The van der Waals surface area contributed by atoms with Crippen molar-refractivity contribution in [2.75, 3.05) is 24.6 Å². The van der Waals surface area contributed by atoms with E-state index in [0.717, 1.165) is 38.0 Å². The van der Waals surface area contributed by atoms with E-state index in [1.807, 2.05) is 20.8 Å². The number of carbonyl (C=O) groups is 1. The zero-order chi connectivity index (χ0) is 27.7. The highest BCUT2D eigenvalue weighted by molar-refractivity contribution is 5.86. The summed E-state index contributed by atoms with van der Waals surface area (Å²) in [5.41, 5.74) is 2.48. The molecule has 1 aliphatic heterocycles. The van der Waals surface area contributed by atoms with E-state index in [1.165, 1.54) is 25.3 Å². The third-order valence-electron chi connectivity index (χ3n) is 7.79. The molecule has 2 aliphatic rings. The molecule has 38 heavy (non-hydrogen) atoms. The molecule has 1 saturated heterocycles. The van der Waals surface area contributed by atoms with Crippen molar-refractivity contribution in [2.24, 2.45) is 11.3 Å². The Bertz CT molecular complexity index is 1150. The molecular weight excluding hydrogens is 485 g/mol. The van der Waals surface area contributed by atoms with Gasteiger partial charge in [-0.1, -0.05) is 33.1 Å². The normalized spacial score (nSPS) is 18.7. The quantitative estimate of drug-likeness (QED) is 0.387. The maximum atomic E-state index is 15.2. The highest BCUT2D eigenvalue weighted by Gasteiger charge is 2.36. The number of rotatable bonds is 9. The van der Waals surface area contributed by atoms with Crippen molar-refractivity contribution in [1.29, 1.82) is 0 Å². The molecule has 4 rings (SSSR count). The lowest BCUT2D eigenvalue weighted by Crippen LogP contribution is -2.39. The first-order chi connectivity index (χ1) is 17.8. The van der Waals surface area contributed by atoms with Gasteiger partial charge in [-0.15, -0.1) is 0 Å². The lowest BCUT2D eigenvalue weighted by atomic mass is 9.82. The van der Waals surface area contributed by atoms with Crippen LogP contribution in [0.4, 0.5) is 10.1 Å². The third kappa shape index (κ3) is 6.63. The molecule has 0 unspecified atom stereocenters. The van der Waals surface area contributed by atoms with Crippen molar-refractivity contribution in [2.45, 2.75) is 91.8 Å². The number of pyridine rings is 2. The van der Waals surface area contributed by atoms with Crippen LogP contribution in [0.25, 0.3) is 11.1 Å². The van der Waals surface area contributed by atoms with Crippen LogP contribution >= 0.6 is 0 Å². The molecule has 1 aliphatic carbocycles. The molecule has 2 aromatic rings. The fraction of sp³-hybridized carbons (Fsp3) is 0.633. The summed E-state index contributed by atoms with van der Waals surface area (Å²) in [6, 6.07) is 1.42. The second-order valence-electron chi connectivity index (χ2n) is 12.6. The number of nitrogens with zero attached hydrogens (tertiary/aromatic N) is 3. The number of carboxylic acid groups (broad SMARTS) is 1. The lowest BCUT2D eigenvalue weighted by Gasteiger charge is -2.40. The van der Waals surface area contributed by atoms with Crippen molar-refractivity contribution < 1.29 is 23.8 Å². The lowest BCUT2D eigenvalue weighted by molar-refractivity contribution is -0.160. The van der Waals surface area contributed by atoms with Crippen LogP contribution < -0.4 is 9.64 Å². The molecule has 3 heterocycles. The second-order valence-corrected chi connectivity index (χ2v) is 12.6. The van der Waals surface area contributed by atoms with Crippen molar-refractivity contribution in [3.8, 4) is 17.0 Å². The van der Waals surface area contributed by atoms with Gasteiger partial charge in [0, 0.05) is 47.9 Å². The zero-order valence-electron chi connectivity index (χ0n) is 23.6. The smallest absolute Gasteiger partial charge is 0.337 e. The van der Waals surface area contributed by atoms with E-state index in [2.05, 4.69) is 28.7 Å². The van der Waals surface area contributed by atoms with Crippen LogP contribution in [-0.4, -0.2) is 46.3 Å². The highest BCUT2D eigenvalue weighted by Crippen LogP contribution is 2.43. The third-order valence-corrected chi connectivity index (χ3v) is 7.79. The van der Waals surface area contributed by atoms with Gasteiger partial charge in [0.05, 0.1) is 17.9 Å². The van der Waals surface area contributed by atoms with Crippen LogP contribution in [-0.2, 0) is 9.53 Å². The summed E-state index contributed by atoms with van der Waals surface area (Å²) in [4.78, 5) is 23.6. The van der Waals surface area contributed by atoms with Crippen molar-refractivity contribution in [1.82, 2.24) is 9.97 Å². The van der Waals surface area contributed by atoms with Crippen LogP contribution in [0.2, 0.25) is 0 Å². The predicted molar refractivity (Wildman–Crippen MR) is 146 cm³/mol. The average Bonchev–Trinajstić information content (AvgIpc) is 2.79. The Morgan fingerprint density at radius 1 is 1.21 bits per heavy atom. The van der Waals surface area contributed by atoms with E-state index in [4.69, 9.17) is 9.47 Å². The molecule has 2 aromatic heterocycles. The van der Waals surface area contributed by atoms with E-state index in [9.17, 15) is 9.90 Å². The van der Waals surface area contributed by atoms with Crippen molar-refractivity contribution in [3.63, 3.8) is 0 Å². The summed E-state index contributed by atoms with van der Waals surface area (Å²) in [5.74, 6) is -0.956. The first-order valence-corrected chi connectivity index (χ1v) is 13.8. The number of carboxylic acids is 1. The van der Waals surface area contributed by atoms with Crippen LogP contribution in [0.3, 0.4) is 0 Å². The fourth-order valence-corrected chi connectivity index (χ4v) is 5.18. The maximum absolute atomic E-state index is 15.2. The molecule has 1 saturated carbocycles. The molecule has 0 radical (unpaired) electrons. The van der Waals surface area contributed by atoms with Crippen molar-refractivity contribution in [3.05, 3.63) is 35.5 Å².